The Kier molecular flexibility index (Phi) is 4.79. The van der Waals surface area contributed by atoms with Crippen molar-refractivity contribution in [3.05, 3.63) is 29.6 Å². The number of hydrogen-bond donors (Lipinski definition) is 1. The molecule has 1 amide bonds. The summed E-state index contributed by atoms with van der Waals surface area (Å²) in [5, 5.41) is 9.16. The first-order valence-electron chi connectivity index (χ1n) is 8.16. The third-order valence-electron chi connectivity index (χ3n) is 4.66. The molecule has 0 radical (unpaired) electrons. The highest BCUT2D eigenvalue weighted by Crippen LogP contribution is 2.27. The van der Waals surface area contributed by atoms with Crippen LogP contribution in [0.15, 0.2) is 23.1 Å². The molecule has 1 aromatic rings. The Balaban J connectivity index is 1.89. The Labute approximate surface area is 145 Å². The highest BCUT2D eigenvalue weighted by Gasteiger charge is 2.39. The number of carboxylic acids is 1. The lowest BCUT2D eigenvalue weighted by atomic mass is 10.2. The Morgan fingerprint density at radius 2 is 1.80 bits per heavy atom. The summed E-state index contributed by atoms with van der Waals surface area (Å²) in [6, 6.07) is 1.99. The van der Waals surface area contributed by atoms with E-state index < -0.39 is 33.8 Å². The van der Waals surface area contributed by atoms with Gasteiger partial charge in [0.25, 0.3) is 5.91 Å². The van der Waals surface area contributed by atoms with Gasteiger partial charge in [-0.3, -0.25) is 9.59 Å². The SMILES string of the molecule is O=C(O)[C@H]1CCCN1S(=O)(=O)c1ccc(C(=O)N2CCCC2)c(F)c1. The standard InChI is InChI=1S/C16H19FN2O5S/c17-13-10-11(5-6-12(13)15(20)18-7-1-2-8-18)25(23,24)19-9-3-4-14(19)16(21)22/h5-6,10,14H,1-4,7-9H2,(H,21,22)/t14-/m1/s1. The van der Waals surface area contributed by atoms with E-state index in [0.717, 1.165) is 29.3 Å². The molecular formula is C16H19FN2O5S. The van der Waals surface area contributed by atoms with E-state index in [-0.39, 0.29) is 23.4 Å². The molecule has 2 aliphatic rings. The van der Waals surface area contributed by atoms with Gasteiger partial charge < -0.3 is 10.0 Å². The quantitative estimate of drug-likeness (QED) is 0.862. The molecule has 2 heterocycles. The van der Waals surface area contributed by atoms with Crippen LogP contribution < -0.4 is 0 Å². The minimum absolute atomic E-state index is 0.0787. The number of halogens is 1. The molecule has 0 spiro atoms. The molecule has 0 bridgehead atoms. The first kappa shape index (κ1) is 17.8. The minimum Gasteiger partial charge on any atom is -0.480 e. The molecule has 2 saturated heterocycles. The topological polar surface area (TPSA) is 95.0 Å². The zero-order valence-corrected chi connectivity index (χ0v) is 14.3. The van der Waals surface area contributed by atoms with Crippen LogP contribution in [0.2, 0.25) is 0 Å². The summed E-state index contributed by atoms with van der Waals surface area (Å²) < 4.78 is 40.5. The third kappa shape index (κ3) is 3.25. The molecule has 0 saturated carbocycles. The Bertz CT molecular complexity index is 805. The summed E-state index contributed by atoms with van der Waals surface area (Å²) >= 11 is 0. The van der Waals surface area contributed by atoms with E-state index >= 15 is 0 Å². The predicted octanol–water partition coefficient (Wildman–Crippen LogP) is 1.30. The van der Waals surface area contributed by atoms with Crippen LogP contribution in [0.25, 0.3) is 0 Å². The van der Waals surface area contributed by atoms with Gasteiger partial charge in [0.1, 0.15) is 11.9 Å². The van der Waals surface area contributed by atoms with Crippen LogP contribution in [0.3, 0.4) is 0 Å². The van der Waals surface area contributed by atoms with Crippen molar-refractivity contribution in [1.29, 1.82) is 0 Å². The zero-order valence-electron chi connectivity index (χ0n) is 13.5. The largest absolute Gasteiger partial charge is 0.480 e. The molecule has 2 fully saturated rings. The van der Waals surface area contributed by atoms with E-state index in [1.807, 2.05) is 0 Å². The fourth-order valence-corrected chi connectivity index (χ4v) is 4.99. The molecule has 1 atom stereocenters. The summed E-state index contributed by atoms with van der Waals surface area (Å²) in [6.07, 6.45) is 2.39. The van der Waals surface area contributed by atoms with Crippen LogP contribution in [-0.4, -0.2) is 60.3 Å². The lowest BCUT2D eigenvalue weighted by Gasteiger charge is -2.21. The van der Waals surface area contributed by atoms with E-state index in [2.05, 4.69) is 0 Å². The molecule has 1 aromatic carbocycles. The number of carbonyl (C=O) groups excluding carboxylic acids is 1. The molecule has 0 aromatic heterocycles. The van der Waals surface area contributed by atoms with Crippen molar-refractivity contribution in [3.63, 3.8) is 0 Å². The molecule has 7 nitrogen and oxygen atoms in total. The average molecular weight is 370 g/mol. The maximum atomic E-state index is 14.4. The van der Waals surface area contributed by atoms with Crippen molar-refractivity contribution in [2.75, 3.05) is 19.6 Å². The van der Waals surface area contributed by atoms with Crippen LogP contribution >= 0.6 is 0 Å². The highest BCUT2D eigenvalue weighted by molar-refractivity contribution is 7.89. The second-order valence-corrected chi connectivity index (χ2v) is 8.14. The van der Waals surface area contributed by atoms with Gasteiger partial charge in [-0.2, -0.15) is 4.31 Å². The molecule has 9 heteroatoms. The van der Waals surface area contributed by atoms with E-state index in [0.29, 0.717) is 19.5 Å². The number of benzene rings is 1. The van der Waals surface area contributed by atoms with Gasteiger partial charge in [0.15, 0.2) is 0 Å². The molecule has 25 heavy (non-hydrogen) atoms. The maximum absolute atomic E-state index is 14.4. The van der Waals surface area contributed by atoms with Gasteiger partial charge in [-0.25, -0.2) is 12.8 Å². The second kappa shape index (κ2) is 6.72. The van der Waals surface area contributed by atoms with Gasteiger partial charge in [0.2, 0.25) is 10.0 Å². The molecule has 3 rings (SSSR count). The number of aliphatic carboxylic acids is 1. The Morgan fingerprint density at radius 1 is 1.12 bits per heavy atom. The van der Waals surface area contributed by atoms with Crippen molar-refractivity contribution in [3.8, 4) is 0 Å². The number of likely N-dealkylation sites (tertiary alicyclic amines) is 1. The fourth-order valence-electron chi connectivity index (χ4n) is 3.33. The van der Waals surface area contributed by atoms with Crippen molar-refractivity contribution in [1.82, 2.24) is 9.21 Å². The number of hydrogen-bond acceptors (Lipinski definition) is 4. The summed E-state index contributed by atoms with van der Waals surface area (Å²) in [4.78, 5) is 24.7. The summed E-state index contributed by atoms with van der Waals surface area (Å²) in [5.41, 5.74) is -0.169. The van der Waals surface area contributed by atoms with Crippen LogP contribution in [0.5, 0.6) is 0 Å². The molecule has 1 N–H and O–H groups in total. The van der Waals surface area contributed by atoms with Gasteiger partial charge in [-0.05, 0) is 43.9 Å². The Morgan fingerprint density at radius 3 is 2.40 bits per heavy atom. The normalized spacial score (nSPS) is 21.6. The molecule has 0 unspecified atom stereocenters. The first-order valence-corrected chi connectivity index (χ1v) is 9.60. The van der Waals surface area contributed by atoms with Crippen molar-refractivity contribution in [2.24, 2.45) is 0 Å². The first-order chi connectivity index (χ1) is 11.8. The van der Waals surface area contributed by atoms with E-state index in [4.69, 9.17) is 5.11 Å². The van der Waals surface area contributed by atoms with E-state index in [1.165, 1.54) is 11.0 Å². The number of nitrogens with zero attached hydrogens (tertiary/aromatic N) is 2. The second-order valence-electron chi connectivity index (χ2n) is 6.25. The van der Waals surface area contributed by atoms with E-state index in [9.17, 15) is 22.4 Å². The lowest BCUT2D eigenvalue weighted by Crippen LogP contribution is -2.40. The molecule has 0 aliphatic carbocycles. The third-order valence-corrected chi connectivity index (χ3v) is 6.56. The smallest absolute Gasteiger partial charge is 0.322 e. The van der Waals surface area contributed by atoms with Gasteiger partial charge in [-0.15, -0.1) is 0 Å². The maximum Gasteiger partial charge on any atom is 0.322 e. The minimum atomic E-state index is -4.13. The Hall–Kier alpha value is -2.00. The van der Waals surface area contributed by atoms with Crippen LogP contribution in [0.1, 0.15) is 36.0 Å². The molecule has 2 aliphatic heterocycles. The lowest BCUT2D eigenvalue weighted by molar-refractivity contribution is -0.140. The number of sulfonamides is 1. The summed E-state index contributed by atoms with van der Waals surface area (Å²) in [7, 11) is -4.13. The van der Waals surface area contributed by atoms with E-state index in [1.54, 1.807) is 0 Å². The monoisotopic (exact) mass is 370 g/mol. The molecule has 136 valence electrons. The van der Waals surface area contributed by atoms with Gasteiger partial charge in [0.05, 0.1) is 10.5 Å². The van der Waals surface area contributed by atoms with Gasteiger partial charge in [-0.1, -0.05) is 0 Å². The number of carboxylic acid groups (broad SMARTS) is 1. The van der Waals surface area contributed by atoms with Gasteiger partial charge >= 0.3 is 5.97 Å². The highest BCUT2D eigenvalue weighted by atomic mass is 32.2. The van der Waals surface area contributed by atoms with Gasteiger partial charge in [0, 0.05) is 19.6 Å². The van der Waals surface area contributed by atoms with Crippen LogP contribution in [0.4, 0.5) is 4.39 Å². The van der Waals surface area contributed by atoms with Crippen LogP contribution in [0, 0.1) is 5.82 Å². The zero-order chi connectivity index (χ0) is 18.2. The molecular weight excluding hydrogens is 351 g/mol. The number of amides is 1. The van der Waals surface area contributed by atoms with Crippen molar-refractivity contribution >= 4 is 21.9 Å². The number of carbonyl (C=O) groups is 2. The van der Waals surface area contributed by atoms with Crippen LogP contribution in [-0.2, 0) is 14.8 Å². The number of rotatable bonds is 4. The summed E-state index contributed by atoms with van der Waals surface area (Å²) in [6.45, 7) is 1.20. The predicted molar refractivity (Wildman–Crippen MR) is 86.1 cm³/mol. The average Bonchev–Trinajstić information content (AvgIpc) is 3.25. The summed E-state index contributed by atoms with van der Waals surface area (Å²) in [5.74, 6) is -2.59. The van der Waals surface area contributed by atoms with Crippen molar-refractivity contribution < 1.29 is 27.5 Å². The van der Waals surface area contributed by atoms with Crippen molar-refractivity contribution in [2.45, 2.75) is 36.6 Å². The fraction of sp³-hybridized carbons (Fsp3) is 0.500.